The zero-order valence-corrected chi connectivity index (χ0v) is 11.7. The Balaban J connectivity index is 2.93. The number of amides is 1. The highest BCUT2D eigenvalue weighted by atomic mass is 32.2. The van der Waals surface area contributed by atoms with Crippen molar-refractivity contribution >= 4 is 21.7 Å². The van der Waals surface area contributed by atoms with Gasteiger partial charge >= 0.3 is 5.97 Å². The zero-order chi connectivity index (χ0) is 13.9. The van der Waals surface area contributed by atoms with Crippen LogP contribution in [0.15, 0.2) is 0 Å². The first kappa shape index (κ1) is 14.9. The summed E-state index contributed by atoms with van der Waals surface area (Å²) in [6, 6.07) is -1.17. The lowest BCUT2D eigenvalue weighted by molar-refractivity contribution is -0.153. The van der Waals surface area contributed by atoms with E-state index in [4.69, 9.17) is 0 Å². The summed E-state index contributed by atoms with van der Waals surface area (Å²) in [6.45, 7) is 3.24. The van der Waals surface area contributed by atoms with Gasteiger partial charge in [0.05, 0.1) is 18.6 Å². The minimum Gasteiger partial charge on any atom is -0.467 e. The topological polar surface area (TPSA) is 80.8 Å². The molecule has 0 saturated carbocycles. The summed E-state index contributed by atoms with van der Waals surface area (Å²) in [5.74, 6) is -0.754. The number of nitrogens with zero attached hydrogens (tertiary/aromatic N) is 1. The summed E-state index contributed by atoms with van der Waals surface area (Å²) in [6.07, 6.45) is 0.618. The minimum absolute atomic E-state index is 0.0685. The Bertz CT molecular complexity index is 431. The molecule has 0 aliphatic carbocycles. The Labute approximate surface area is 107 Å². The normalized spacial score (nSPS) is 23.4. The molecular weight excluding hydrogens is 258 g/mol. The standard InChI is InChI=1S/C11H19NO5S/c1-4-10(13)12(8(2)11(14)17-3)9-5-6-18(15,16)7-9/h8-9H,4-7H2,1-3H3/t8-,9-/m1/s1. The van der Waals surface area contributed by atoms with E-state index in [0.29, 0.717) is 6.42 Å². The van der Waals surface area contributed by atoms with E-state index in [1.54, 1.807) is 13.8 Å². The van der Waals surface area contributed by atoms with Gasteiger partial charge in [0.1, 0.15) is 6.04 Å². The van der Waals surface area contributed by atoms with Crippen LogP contribution in [0.4, 0.5) is 0 Å². The summed E-state index contributed by atoms with van der Waals surface area (Å²) >= 11 is 0. The number of sulfone groups is 1. The van der Waals surface area contributed by atoms with Gasteiger partial charge in [-0.1, -0.05) is 6.92 Å². The second kappa shape index (κ2) is 5.69. The Morgan fingerprint density at radius 2 is 2.06 bits per heavy atom. The van der Waals surface area contributed by atoms with E-state index in [9.17, 15) is 18.0 Å². The first-order chi connectivity index (χ1) is 8.32. The van der Waals surface area contributed by atoms with Gasteiger partial charge in [-0.05, 0) is 13.3 Å². The van der Waals surface area contributed by atoms with Crippen molar-refractivity contribution in [2.75, 3.05) is 18.6 Å². The van der Waals surface area contributed by atoms with Crippen molar-refractivity contribution in [1.82, 2.24) is 4.90 Å². The van der Waals surface area contributed by atoms with E-state index >= 15 is 0 Å². The van der Waals surface area contributed by atoms with Crippen molar-refractivity contribution < 1.29 is 22.7 Å². The molecule has 1 aliphatic rings. The lowest BCUT2D eigenvalue weighted by Gasteiger charge is -2.32. The van der Waals surface area contributed by atoms with Crippen LogP contribution in [-0.2, 0) is 24.2 Å². The number of hydrogen-bond acceptors (Lipinski definition) is 5. The second-order valence-electron chi connectivity index (χ2n) is 4.41. The molecule has 0 spiro atoms. The number of carbonyl (C=O) groups excluding carboxylic acids is 2. The minimum atomic E-state index is -3.09. The van der Waals surface area contributed by atoms with Crippen LogP contribution >= 0.6 is 0 Å². The largest absolute Gasteiger partial charge is 0.467 e. The quantitative estimate of drug-likeness (QED) is 0.674. The van der Waals surface area contributed by atoms with Gasteiger partial charge in [-0.2, -0.15) is 0 Å². The number of carbonyl (C=O) groups is 2. The van der Waals surface area contributed by atoms with E-state index in [1.165, 1.54) is 12.0 Å². The van der Waals surface area contributed by atoms with Crippen molar-refractivity contribution in [3.05, 3.63) is 0 Å². The molecule has 1 heterocycles. The first-order valence-electron chi connectivity index (χ1n) is 5.91. The fourth-order valence-electron chi connectivity index (χ4n) is 2.20. The van der Waals surface area contributed by atoms with Crippen LogP contribution < -0.4 is 0 Å². The molecule has 7 heteroatoms. The van der Waals surface area contributed by atoms with Crippen LogP contribution in [0.3, 0.4) is 0 Å². The Hall–Kier alpha value is -1.11. The molecule has 6 nitrogen and oxygen atoms in total. The maximum Gasteiger partial charge on any atom is 0.328 e. The van der Waals surface area contributed by atoms with Crippen LogP contribution in [0.1, 0.15) is 26.7 Å². The predicted molar refractivity (Wildman–Crippen MR) is 65.7 cm³/mol. The second-order valence-corrected chi connectivity index (χ2v) is 6.64. The number of rotatable bonds is 4. The number of methoxy groups -OCH3 is 1. The van der Waals surface area contributed by atoms with Gasteiger partial charge in [0.2, 0.25) is 5.91 Å². The maximum absolute atomic E-state index is 11.9. The molecule has 1 amide bonds. The highest BCUT2D eigenvalue weighted by molar-refractivity contribution is 7.91. The van der Waals surface area contributed by atoms with Gasteiger partial charge in [-0.3, -0.25) is 4.79 Å². The first-order valence-corrected chi connectivity index (χ1v) is 7.74. The molecule has 0 unspecified atom stereocenters. The van der Waals surface area contributed by atoms with Gasteiger partial charge in [-0.15, -0.1) is 0 Å². The van der Waals surface area contributed by atoms with Crippen LogP contribution in [0.25, 0.3) is 0 Å². The Morgan fingerprint density at radius 1 is 1.44 bits per heavy atom. The molecule has 0 aromatic rings. The summed E-state index contributed by atoms with van der Waals surface area (Å²) < 4.78 is 27.5. The third-order valence-electron chi connectivity index (χ3n) is 3.15. The van der Waals surface area contributed by atoms with Crippen molar-refractivity contribution in [1.29, 1.82) is 0 Å². The molecule has 0 N–H and O–H groups in total. The van der Waals surface area contributed by atoms with Gasteiger partial charge in [0.15, 0.2) is 9.84 Å². The van der Waals surface area contributed by atoms with Gasteiger partial charge in [0, 0.05) is 12.5 Å². The molecule has 1 aliphatic heterocycles. The van der Waals surface area contributed by atoms with E-state index in [-0.39, 0.29) is 23.8 Å². The molecular formula is C11H19NO5S. The smallest absolute Gasteiger partial charge is 0.328 e. The Kier molecular flexibility index (Phi) is 4.72. The summed E-state index contributed by atoms with van der Waals surface area (Å²) in [5, 5.41) is 0. The highest BCUT2D eigenvalue weighted by Gasteiger charge is 2.38. The van der Waals surface area contributed by atoms with E-state index in [1.807, 2.05) is 0 Å². The predicted octanol–water partition coefficient (Wildman–Crippen LogP) is -0.0264. The molecule has 0 bridgehead atoms. The van der Waals surface area contributed by atoms with Gasteiger partial charge in [-0.25, -0.2) is 13.2 Å². The van der Waals surface area contributed by atoms with Crippen LogP contribution in [-0.4, -0.2) is 55.9 Å². The average Bonchev–Trinajstić information content (AvgIpc) is 2.68. The maximum atomic E-state index is 11.9. The summed E-state index contributed by atoms with van der Waals surface area (Å²) in [4.78, 5) is 24.8. The van der Waals surface area contributed by atoms with Crippen LogP contribution in [0, 0.1) is 0 Å². The molecule has 18 heavy (non-hydrogen) atoms. The molecule has 0 aromatic carbocycles. The fourth-order valence-corrected chi connectivity index (χ4v) is 3.91. The third-order valence-corrected chi connectivity index (χ3v) is 4.90. The van der Waals surface area contributed by atoms with E-state index < -0.39 is 27.9 Å². The fraction of sp³-hybridized carbons (Fsp3) is 0.818. The molecule has 1 fully saturated rings. The van der Waals surface area contributed by atoms with Crippen LogP contribution in [0.5, 0.6) is 0 Å². The Morgan fingerprint density at radius 3 is 2.44 bits per heavy atom. The summed E-state index contributed by atoms with van der Waals surface area (Å²) in [7, 11) is -1.85. The van der Waals surface area contributed by atoms with Crippen molar-refractivity contribution in [3.63, 3.8) is 0 Å². The van der Waals surface area contributed by atoms with Gasteiger partial charge in [0.25, 0.3) is 0 Å². The molecule has 0 aromatic heterocycles. The van der Waals surface area contributed by atoms with Crippen molar-refractivity contribution in [2.24, 2.45) is 0 Å². The number of hydrogen-bond donors (Lipinski definition) is 0. The van der Waals surface area contributed by atoms with E-state index in [2.05, 4.69) is 4.74 Å². The van der Waals surface area contributed by atoms with Crippen LogP contribution in [0.2, 0.25) is 0 Å². The molecule has 1 rings (SSSR count). The van der Waals surface area contributed by atoms with Crippen molar-refractivity contribution in [2.45, 2.75) is 38.8 Å². The SMILES string of the molecule is CCC(=O)N([C@@H]1CCS(=O)(=O)C1)[C@H](C)C(=O)OC. The zero-order valence-electron chi connectivity index (χ0n) is 10.9. The number of ether oxygens (including phenoxy) is 1. The average molecular weight is 277 g/mol. The highest BCUT2D eigenvalue weighted by Crippen LogP contribution is 2.21. The van der Waals surface area contributed by atoms with Gasteiger partial charge < -0.3 is 9.64 Å². The molecule has 0 radical (unpaired) electrons. The number of esters is 1. The lowest BCUT2D eigenvalue weighted by atomic mass is 10.1. The third kappa shape index (κ3) is 3.22. The van der Waals surface area contributed by atoms with E-state index in [0.717, 1.165) is 0 Å². The molecule has 1 saturated heterocycles. The summed E-state index contributed by atoms with van der Waals surface area (Å²) in [5.41, 5.74) is 0. The molecule has 2 atom stereocenters. The lowest BCUT2D eigenvalue weighted by Crippen LogP contribution is -2.50. The van der Waals surface area contributed by atoms with Crippen molar-refractivity contribution in [3.8, 4) is 0 Å². The monoisotopic (exact) mass is 277 g/mol. The molecule has 104 valence electrons.